The molecule has 234 valence electrons. The van der Waals surface area contributed by atoms with Gasteiger partial charge in [-0.05, 0) is 54.8 Å². The maximum atomic E-state index is 13.7. The number of carbonyl (C=O) groups is 1. The van der Waals surface area contributed by atoms with Crippen molar-refractivity contribution >= 4 is 5.97 Å². The average Bonchev–Trinajstić information content (AvgIpc) is 3.00. The Hall–Kier alpha value is -3.42. The van der Waals surface area contributed by atoms with Crippen molar-refractivity contribution in [2.24, 2.45) is 0 Å². The van der Waals surface area contributed by atoms with E-state index >= 15 is 0 Å². The van der Waals surface area contributed by atoms with Crippen LogP contribution in [-0.4, -0.2) is 28.7 Å². The lowest BCUT2D eigenvalue weighted by molar-refractivity contribution is -0.152. The summed E-state index contributed by atoms with van der Waals surface area (Å²) in [4.78, 5) is 21.4. The van der Waals surface area contributed by atoms with Crippen molar-refractivity contribution in [2.45, 2.75) is 109 Å². The Labute approximate surface area is 254 Å². The summed E-state index contributed by atoms with van der Waals surface area (Å²) < 4.78 is 52.2. The number of ether oxygens (including phenoxy) is 2. The summed E-state index contributed by atoms with van der Waals surface area (Å²) in [5, 5.41) is 0. The molecule has 0 radical (unpaired) electrons. The summed E-state index contributed by atoms with van der Waals surface area (Å²) in [6.07, 6.45) is 12.1. The van der Waals surface area contributed by atoms with Gasteiger partial charge in [0.2, 0.25) is 0 Å². The monoisotopic (exact) mass is 598 g/mol. The predicted octanol–water partition coefficient (Wildman–Crippen LogP) is 10.5. The van der Waals surface area contributed by atoms with E-state index in [1.165, 1.54) is 62.8 Å². The van der Waals surface area contributed by atoms with Crippen LogP contribution in [0.3, 0.4) is 0 Å². The van der Waals surface area contributed by atoms with Crippen LogP contribution >= 0.6 is 0 Å². The van der Waals surface area contributed by atoms with Crippen LogP contribution < -0.4 is 9.47 Å². The first-order valence-electron chi connectivity index (χ1n) is 15.8. The number of aromatic nitrogens is 2. The minimum atomic E-state index is -4.33. The fourth-order valence-electron chi connectivity index (χ4n) is 4.95. The van der Waals surface area contributed by atoms with Gasteiger partial charge in [0.25, 0.3) is 0 Å². The molecule has 5 nitrogen and oxygen atoms in total. The standard InChI is InChI=1S/C35H45F3N2O3/c1-3-5-7-9-10-11-12-14-24-42-31-25-39-33(40-26-31)28-20-22-30(23-21-28)43-34(41)29-18-16-27(17-19-29)32(35(36,37)38)15-13-8-6-4-2/h16-23,25-26,32H,3-15,24H2,1-2H3. The minimum absolute atomic E-state index is 0.0401. The van der Waals surface area contributed by atoms with Crippen molar-refractivity contribution in [3.8, 4) is 22.9 Å². The second kappa shape index (κ2) is 18.3. The van der Waals surface area contributed by atoms with Gasteiger partial charge in [-0.3, -0.25) is 0 Å². The van der Waals surface area contributed by atoms with Crippen LogP contribution in [0.1, 0.15) is 119 Å². The number of benzene rings is 2. The van der Waals surface area contributed by atoms with Crippen LogP contribution in [-0.2, 0) is 0 Å². The maximum Gasteiger partial charge on any atom is 0.395 e. The molecule has 0 saturated heterocycles. The highest BCUT2D eigenvalue weighted by Crippen LogP contribution is 2.39. The molecule has 3 aromatic rings. The predicted molar refractivity (Wildman–Crippen MR) is 165 cm³/mol. The van der Waals surface area contributed by atoms with Crippen LogP contribution in [0.25, 0.3) is 11.4 Å². The molecular formula is C35H45F3N2O3. The molecule has 1 atom stereocenters. The lowest BCUT2D eigenvalue weighted by atomic mass is 9.92. The molecule has 0 spiro atoms. The summed E-state index contributed by atoms with van der Waals surface area (Å²) >= 11 is 0. The topological polar surface area (TPSA) is 61.3 Å². The molecule has 0 aliphatic carbocycles. The van der Waals surface area contributed by atoms with E-state index in [2.05, 4.69) is 16.9 Å². The van der Waals surface area contributed by atoms with E-state index in [1.54, 1.807) is 36.7 Å². The molecule has 8 heteroatoms. The Kier molecular flexibility index (Phi) is 14.5. The van der Waals surface area contributed by atoms with Gasteiger partial charge in [-0.15, -0.1) is 0 Å². The lowest BCUT2D eigenvalue weighted by Gasteiger charge is -2.21. The molecular weight excluding hydrogens is 553 g/mol. The Bertz CT molecular complexity index is 1200. The summed E-state index contributed by atoms with van der Waals surface area (Å²) in [6.45, 7) is 4.89. The zero-order chi connectivity index (χ0) is 30.9. The fraction of sp³-hybridized carbons (Fsp3) is 0.514. The second-order valence-corrected chi connectivity index (χ2v) is 11.0. The fourth-order valence-corrected chi connectivity index (χ4v) is 4.95. The van der Waals surface area contributed by atoms with Gasteiger partial charge >= 0.3 is 12.1 Å². The lowest BCUT2D eigenvalue weighted by Crippen LogP contribution is -2.21. The first-order valence-corrected chi connectivity index (χ1v) is 15.8. The van der Waals surface area contributed by atoms with Gasteiger partial charge in [0, 0.05) is 5.56 Å². The normalized spacial score (nSPS) is 12.2. The molecule has 0 N–H and O–H groups in total. The molecule has 0 aliphatic heterocycles. The highest BCUT2D eigenvalue weighted by atomic mass is 19.4. The number of esters is 1. The van der Waals surface area contributed by atoms with Crippen molar-refractivity contribution in [2.75, 3.05) is 6.61 Å². The van der Waals surface area contributed by atoms with Crippen LogP contribution in [0, 0.1) is 0 Å². The summed E-state index contributed by atoms with van der Waals surface area (Å²) in [7, 11) is 0. The van der Waals surface area contributed by atoms with Crippen molar-refractivity contribution in [1.29, 1.82) is 0 Å². The van der Waals surface area contributed by atoms with Crippen LogP contribution in [0.15, 0.2) is 60.9 Å². The van der Waals surface area contributed by atoms with E-state index in [0.29, 0.717) is 30.4 Å². The smallest absolute Gasteiger partial charge is 0.395 e. The zero-order valence-corrected chi connectivity index (χ0v) is 25.5. The number of rotatable bonds is 19. The second-order valence-electron chi connectivity index (χ2n) is 11.0. The molecule has 0 fully saturated rings. The first kappa shape index (κ1) is 34.1. The summed E-state index contributed by atoms with van der Waals surface area (Å²) in [5.74, 6) is -0.727. The van der Waals surface area contributed by atoms with Crippen molar-refractivity contribution in [3.63, 3.8) is 0 Å². The Morgan fingerprint density at radius 3 is 1.86 bits per heavy atom. The van der Waals surface area contributed by atoms with Crippen molar-refractivity contribution < 1.29 is 27.4 Å². The average molecular weight is 599 g/mol. The van der Waals surface area contributed by atoms with Gasteiger partial charge in [-0.1, -0.05) is 96.6 Å². The quantitative estimate of drug-likeness (QED) is 0.0780. The third kappa shape index (κ3) is 12.0. The number of hydrogen-bond donors (Lipinski definition) is 0. The molecule has 3 rings (SSSR count). The maximum absolute atomic E-state index is 13.7. The van der Waals surface area contributed by atoms with E-state index in [1.807, 2.05) is 6.92 Å². The molecule has 0 aliphatic rings. The summed E-state index contributed by atoms with van der Waals surface area (Å²) in [5.41, 5.74) is 1.09. The molecule has 43 heavy (non-hydrogen) atoms. The van der Waals surface area contributed by atoms with Gasteiger partial charge < -0.3 is 9.47 Å². The van der Waals surface area contributed by atoms with Gasteiger partial charge in [0.05, 0.1) is 30.5 Å². The third-order valence-corrected chi connectivity index (χ3v) is 7.51. The van der Waals surface area contributed by atoms with Gasteiger partial charge in [-0.2, -0.15) is 13.2 Å². The zero-order valence-electron chi connectivity index (χ0n) is 25.5. The number of carbonyl (C=O) groups excluding carboxylic acids is 1. The highest BCUT2D eigenvalue weighted by Gasteiger charge is 2.40. The highest BCUT2D eigenvalue weighted by molar-refractivity contribution is 5.91. The number of unbranched alkanes of at least 4 members (excludes halogenated alkanes) is 10. The Balaban J connectivity index is 1.46. The third-order valence-electron chi connectivity index (χ3n) is 7.51. The van der Waals surface area contributed by atoms with Crippen LogP contribution in [0.4, 0.5) is 13.2 Å². The van der Waals surface area contributed by atoms with E-state index in [4.69, 9.17) is 9.47 Å². The van der Waals surface area contributed by atoms with Crippen molar-refractivity contribution in [1.82, 2.24) is 9.97 Å². The molecule has 0 saturated carbocycles. The van der Waals surface area contributed by atoms with Gasteiger partial charge in [-0.25, -0.2) is 14.8 Å². The number of halogens is 3. The van der Waals surface area contributed by atoms with Crippen LogP contribution in [0.2, 0.25) is 0 Å². The molecule has 0 amide bonds. The Morgan fingerprint density at radius 1 is 0.721 bits per heavy atom. The van der Waals surface area contributed by atoms with Gasteiger partial charge in [0.1, 0.15) is 5.75 Å². The summed E-state index contributed by atoms with van der Waals surface area (Å²) in [6, 6.07) is 12.3. The molecule has 2 aromatic carbocycles. The SMILES string of the molecule is CCCCCCCCCCOc1cnc(-c2ccc(OC(=O)c3ccc(C(CCCCCC)C(F)(F)F)cc3)cc2)nc1. The van der Waals surface area contributed by atoms with E-state index in [-0.39, 0.29) is 17.5 Å². The number of nitrogens with zero attached hydrogens (tertiary/aromatic N) is 2. The van der Waals surface area contributed by atoms with E-state index in [9.17, 15) is 18.0 Å². The number of alkyl halides is 3. The minimum Gasteiger partial charge on any atom is -0.490 e. The van der Waals surface area contributed by atoms with Gasteiger partial charge in [0.15, 0.2) is 11.6 Å². The molecule has 0 bridgehead atoms. The molecule has 1 heterocycles. The Morgan fingerprint density at radius 2 is 1.28 bits per heavy atom. The van der Waals surface area contributed by atoms with E-state index in [0.717, 1.165) is 37.7 Å². The largest absolute Gasteiger partial charge is 0.490 e. The number of hydrogen-bond acceptors (Lipinski definition) is 5. The first-order chi connectivity index (χ1) is 20.8. The van der Waals surface area contributed by atoms with E-state index < -0.39 is 18.1 Å². The molecule has 1 aromatic heterocycles. The van der Waals surface area contributed by atoms with Crippen molar-refractivity contribution in [3.05, 3.63) is 72.1 Å². The molecule has 1 unspecified atom stereocenters. The van der Waals surface area contributed by atoms with Crippen LogP contribution in [0.5, 0.6) is 11.5 Å².